The van der Waals surface area contributed by atoms with Gasteiger partial charge in [0.15, 0.2) is 12.2 Å². The van der Waals surface area contributed by atoms with E-state index in [1.165, 1.54) is 225 Å². The molecular formula is C80H156O17P2. The Balaban J connectivity index is 5.25. The highest BCUT2D eigenvalue weighted by atomic mass is 31.2. The molecule has 0 aliphatic rings. The van der Waals surface area contributed by atoms with Gasteiger partial charge in [-0.15, -0.1) is 0 Å². The van der Waals surface area contributed by atoms with E-state index in [1.807, 2.05) is 0 Å². The second kappa shape index (κ2) is 70.4. The van der Waals surface area contributed by atoms with Crippen LogP contribution in [0, 0.1) is 17.8 Å². The molecular weight excluding hydrogens is 1290 g/mol. The molecule has 0 rings (SSSR count). The summed E-state index contributed by atoms with van der Waals surface area (Å²) >= 11 is 0. The van der Waals surface area contributed by atoms with E-state index in [-0.39, 0.29) is 25.7 Å². The smallest absolute Gasteiger partial charge is 0.462 e. The van der Waals surface area contributed by atoms with Crippen LogP contribution in [-0.2, 0) is 65.4 Å². The molecule has 3 N–H and O–H groups in total. The van der Waals surface area contributed by atoms with Crippen molar-refractivity contribution in [2.24, 2.45) is 17.8 Å². The minimum Gasteiger partial charge on any atom is -0.462 e. The van der Waals surface area contributed by atoms with Crippen LogP contribution in [-0.4, -0.2) is 96.7 Å². The molecule has 0 aromatic heterocycles. The first-order chi connectivity index (χ1) is 47.8. The first-order valence-corrected chi connectivity index (χ1v) is 44.4. The Hall–Kier alpha value is -1.94. The van der Waals surface area contributed by atoms with Crippen molar-refractivity contribution >= 4 is 39.5 Å². The van der Waals surface area contributed by atoms with E-state index in [2.05, 4.69) is 48.5 Å². The number of hydrogen-bond donors (Lipinski definition) is 3. The Morgan fingerprint density at radius 3 is 0.768 bits per heavy atom. The molecule has 99 heavy (non-hydrogen) atoms. The van der Waals surface area contributed by atoms with E-state index in [1.54, 1.807) is 0 Å². The van der Waals surface area contributed by atoms with Gasteiger partial charge < -0.3 is 33.8 Å². The van der Waals surface area contributed by atoms with Gasteiger partial charge in [-0.3, -0.25) is 37.3 Å². The van der Waals surface area contributed by atoms with Crippen molar-refractivity contribution in [1.82, 2.24) is 0 Å². The summed E-state index contributed by atoms with van der Waals surface area (Å²) in [5.74, 6) is 0.226. The Morgan fingerprint density at radius 2 is 0.515 bits per heavy atom. The number of phosphoric acid groups is 2. The summed E-state index contributed by atoms with van der Waals surface area (Å²) in [7, 11) is -9.92. The van der Waals surface area contributed by atoms with Crippen molar-refractivity contribution in [3.8, 4) is 0 Å². The lowest BCUT2D eigenvalue weighted by molar-refractivity contribution is -0.161. The SMILES string of the molecule is CCCCCCCCCCCCCCCCCCCCCCC(=O)O[C@H](COC(=O)CCCCCCCCCCCCC(C)CC)COP(=O)(O)OC[C@@H](O)COP(=O)(O)OC[C@@H](COC(=O)CCCCCCCCCCC(C)CC)OC(=O)CCCCCCCCCCCCC(C)C. The molecule has 588 valence electrons. The van der Waals surface area contributed by atoms with Crippen molar-refractivity contribution in [3.05, 3.63) is 0 Å². The van der Waals surface area contributed by atoms with Gasteiger partial charge in [0.1, 0.15) is 19.3 Å². The second-order valence-electron chi connectivity index (χ2n) is 29.8. The molecule has 0 spiro atoms. The third kappa shape index (κ3) is 71.5. The average Bonchev–Trinajstić information content (AvgIpc) is 0.986. The summed E-state index contributed by atoms with van der Waals surface area (Å²) in [6.07, 6.45) is 58.2. The van der Waals surface area contributed by atoms with Gasteiger partial charge in [0.05, 0.1) is 26.4 Å². The van der Waals surface area contributed by atoms with Crippen LogP contribution in [0.1, 0.15) is 414 Å². The maximum atomic E-state index is 13.1. The standard InChI is InChI=1S/C80H156O17P2/c1-8-11-12-13-14-15-16-17-18-19-20-21-22-23-24-25-33-42-49-56-63-79(84)96-75(67-90-77(82)61-54-47-40-32-29-27-31-38-45-52-59-72(6)9-2)69-94-98(86,87)92-65-74(81)66-93-99(88,89)95-70-76(68-91-78(83)62-55-48-41-36-35-39-46-53-60-73(7)10-3)97-80(85)64-57-50-43-34-28-26-30-37-44-51-58-71(4)5/h71-76,81H,8-70H2,1-7H3,(H,86,87)(H,88,89)/t72?,73?,74-,75-,76-/m1/s1. The van der Waals surface area contributed by atoms with E-state index in [9.17, 15) is 43.2 Å². The summed E-state index contributed by atoms with van der Waals surface area (Å²) < 4.78 is 68.7. The summed E-state index contributed by atoms with van der Waals surface area (Å²) in [4.78, 5) is 73.0. The average molecular weight is 1450 g/mol. The molecule has 0 aromatic carbocycles. The third-order valence-electron chi connectivity index (χ3n) is 19.4. The van der Waals surface area contributed by atoms with Crippen LogP contribution in [0.2, 0.25) is 0 Å². The number of esters is 4. The van der Waals surface area contributed by atoms with E-state index < -0.39 is 97.5 Å². The number of aliphatic hydroxyl groups is 1. The molecule has 0 fully saturated rings. The van der Waals surface area contributed by atoms with Crippen LogP contribution >= 0.6 is 15.6 Å². The monoisotopic (exact) mass is 1450 g/mol. The van der Waals surface area contributed by atoms with Crippen LogP contribution in [0.5, 0.6) is 0 Å². The number of aliphatic hydroxyl groups excluding tert-OH is 1. The van der Waals surface area contributed by atoms with Crippen LogP contribution in [0.4, 0.5) is 0 Å². The van der Waals surface area contributed by atoms with Crippen LogP contribution in [0.15, 0.2) is 0 Å². The number of unbranched alkanes of at least 4 members (excludes halogenated alkanes) is 44. The summed E-state index contributed by atoms with van der Waals surface area (Å²) in [5, 5.41) is 10.6. The molecule has 7 atom stereocenters. The Labute approximate surface area is 607 Å². The first kappa shape index (κ1) is 97.1. The number of rotatable bonds is 78. The molecule has 0 saturated carbocycles. The second-order valence-corrected chi connectivity index (χ2v) is 32.7. The van der Waals surface area contributed by atoms with Gasteiger partial charge in [-0.1, -0.05) is 363 Å². The van der Waals surface area contributed by atoms with Crippen LogP contribution < -0.4 is 0 Å². The molecule has 0 heterocycles. The highest BCUT2D eigenvalue weighted by molar-refractivity contribution is 7.47. The summed E-state index contributed by atoms with van der Waals surface area (Å²) in [6.45, 7) is 11.9. The van der Waals surface area contributed by atoms with Crippen molar-refractivity contribution in [1.29, 1.82) is 0 Å². The normalized spacial score (nSPS) is 14.5. The molecule has 0 aliphatic heterocycles. The zero-order chi connectivity index (χ0) is 73.0. The predicted octanol–water partition coefficient (Wildman–Crippen LogP) is 23.7. The third-order valence-corrected chi connectivity index (χ3v) is 21.3. The fourth-order valence-corrected chi connectivity index (χ4v) is 13.8. The molecule has 19 heteroatoms. The zero-order valence-electron chi connectivity index (χ0n) is 65.0. The maximum Gasteiger partial charge on any atom is 0.472 e. The number of carbonyl (C=O) groups excluding carboxylic acids is 4. The molecule has 0 bridgehead atoms. The molecule has 0 aliphatic carbocycles. The molecule has 4 unspecified atom stereocenters. The van der Waals surface area contributed by atoms with E-state index in [0.717, 1.165) is 108 Å². The fraction of sp³-hybridized carbons (Fsp3) is 0.950. The summed E-state index contributed by atoms with van der Waals surface area (Å²) in [5.41, 5.74) is 0. The van der Waals surface area contributed by atoms with Gasteiger partial charge >= 0.3 is 39.5 Å². The van der Waals surface area contributed by atoms with Gasteiger partial charge in [0.25, 0.3) is 0 Å². The Kier molecular flexibility index (Phi) is 69.0. The van der Waals surface area contributed by atoms with E-state index in [0.29, 0.717) is 25.7 Å². The lowest BCUT2D eigenvalue weighted by atomic mass is 9.99. The quantitative estimate of drug-likeness (QED) is 0.0222. The van der Waals surface area contributed by atoms with Gasteiger partial charge in [0, 0.05) is 25.7 Å². The summed E-state index contributed by atoms with van der Waals surface area (Å²) in [6, 6.07) is 0. The van der Waals surface area contributed by atoms with E-state index in [4.69, 9.17) is 37.0 Å². The molecule has 17 nitrogen and oxygen atoms in total. The van der Waals surface area contributed by atoms with Crippen LogP contribution in [0.25, 0.3) is 0 Å². The van der Waals surface area contributed by atoms with Crippen molar-refractivity contribution in [2.75, 3.05) is 39.6 Å². The first-order valence-electron chi connectivity index (χ1n) is 41.4. The molecule has 0 saturated heterocycles. The van der Waals surface area contributed by atoms with Crippen molar-refractivity contribution < 1.29 is 80.2 Å². The number of hydrogen-bond acceptors (Lipinski definition) is 15. The van der Waals surface area contributed by atoms with E-state index >= 15 is 0 Å². The number of carbonyl (C=O) groups is 4. The largest absolute Gasteiger partial charge is 0.472 e. The lowest BCUT2D eigenvalue weighted by Gasteiger charge is -2.21. The minimum absolute atomic E-state index is 0.105. The number of ether oxygens (including phenoxy) is 4. The molecule has 0 aromatic rings. The predicted molar refractivity (Wildman–Crippen MR) is 405 cm³/mol. The van der Waals surface area contributed by atoms with Crippen LogP contribution in [0.3, 0.4) is 0 Å². The minimum atomic E-state index is -4.96. The van der Waals surface area contributed by atoms with Gasteiger partial charge in [0.2, 0.25) is 0 Å². The van der Waals surface area contributed by atoms with Gasteiger partial charge in [-0.25, -0.2) is 9.13 Å². The van der Waals surface area contributed by atoms with Crippen molar-refractivity contribution in [3.63, 3.8) is 0 Å². The van der Waals surface area contributed by atoms with Gasteiger partial charge in [-0.2, -0.15) is 0 Å². The highest BCUT2D eigenvalue weighted by Crippen LogP contribution is 2.45. The highest BCUT2D eigenvalue weighted by Gasteiger charge is 2.30. The Morgan fingerprint density at radius 1 is 0.293 bits per heavy atom. The fourth-order valence-electron chi connectivity index (χ4n) is 12.2. The lowest BCUT2D eigenvalue weighted by Crippen LogP contribution is -2.30. The van der Waals surface area contributed by atoms with Gasteiger partial charge in [-0.05, 0) is 43.4 Å². The topological polar surface area (TPSA) is 237 Å². The molecule has 0 radical (unpaired) electrons. The Bertz CT molecular complexity index is 1930. The van der Waals surface area contributed by atoms with Crippen molar-refractivity contribution in [2.45, 2.75) is 433 Å². The number of phosphoric ester groups is 2. The maximum absolute atomic E-state index is 13.1. The zero-order valence-corrected chi connectivity index (χ0v) is 66.8. The molecule has 0 amide bonds.